The van der Waals surface area contributed by atoms with Crippen molar-refractivity contribution in [2.75, 3.05) is 6.61 Å². The molecule has 0 fully saturated rings. The van der Waals surface area contributed by atoms with E-state index in [-0.39, 0.29) is 18.0 Å². The molecule has 0 amide bonds. The highest BCUT2D eigenvalue weighted by molar-refractivity contribution is 6.67. The minimum atomic E-state index is -0.628. The van der Waals surface area contributed by atoms with Gasteiger partial charge in [-0.3, -0.25) is 9.48 Å². The number of rotatable bonds is 5. The van der Waals surface area contributed by atoms with E-state index in [0.717, 1.165) is 6.42 Å². The van der Waals surface area contributed by atoms with E-state index in [0.29, 0.717) is 6.54 Å². The van der Waals surface area contributed by atoms with E-state index in [1.165, 1.54) is 10.7 Å². The second kappa shape index (κ2) is 5.65. The molecule has 0 unspecified atom stereocenters. The molecule has 0 saturated carbocycles. The third-order valence-corrected chi connectivity index (χ3v) is 2.09. The fourth-order valence-corrected chi connectivity index (χ4v) is 1.41. The lowest BCUT2D eigenvalue weighted by molar-refractivity contribution is 0.0518. The maximum Gasteiger partial charge on any atom is 0.358 e. The minimum absolute atomic E-state index is 0.110. The number of hydrogen-bond acceptors (Lipinski definition) is 4. The summed E-state index contributed by atoms with van der Waals surface area (Å²) in [4.78, 5) is 22.5. The first kappa shape index (κ1) is 12.7. The number of aromatic nitrogens is 2. The van der Waals surface area contributed by atoms with Crippen LogP contribution in [0.5, 0.6) is 0 Å². The molecular weight excluding hydrogens is 232 g/mol. The molecule has 16 heavy (non-hydrogen) atoms. The van der Waals surface area contributed by atoms with Gasteiger partial charge >= 0.3 is 5.97 Å². The van der Waals surface area contributed by atoms with Crippen molar-refractivity contribution in [2.24, 2.45) is 0 Å². The van der Waals surface area contributed by atoms with E-state index in [1.807, 2.05) is 6.92 Å². The number of carbonyl (C=O) groups is 2. The number of ether oxygens (including phenoxy) is 1. The normalized spacial score (nSPS) is 10.2. The molecule has 0 aliphatic heterocycles. The number of aryl methyl sites for hydroxylation is 1. The lowest BCUT2D eigenvalue weighted by atomic mass is 10.3. The van der Waals surface area contributed by atoms with Crippen LogP contribution in [0.3, 0.4) is 0 Å². The first-order valence-electron chi connectivity index (χ1n) is 5.05. The number of esters is 1. The molecule has 1 rings (SSSR count). The minimum Gasteiger partial charge on any atom is -0.461 e. The monoisotopic (exact) mass is 244 g/mol. The summed E-state index contributed by atoms with van der Waals surface area (Å²) in [5.41, 5.74) is 0.325. The highest BCUT2D eigenvalue weighted by atomic mass is 35.5. The number of hydrogen-bond donors (Lipinski definition) is 0. The molecule has 88 valence electrons. The molecule has 0 aliphatic rings. The predicted molar refractivity (Wildman–Crippen MR) is 58.7 cm³/mol. The van der Waals surface area contributed by atoms with Crippen molar-refractivity contribution in [2.45, 2.75) is 26.8 Å². The zero-order chi connectivity index (χ0) is 12.1. The van der Waals surface area contributed by atoms with Crippen molar-refractivity contribution in [1.29, 1.82) is 0 Å². The molecule has 1 aromatic heterocycles. The van der Waals surface area contributed by atoms with E-state index in [2.05, 4.69) is 5.10 Å². The zero-order valence-corrected chi connectivity index (χ0v) is 9.95. The fraction of sp³-hybridized carbons (Fsp3) is 0.500. The molecule has 0 saturated heterocycles. The highest BCUT2D eigenvalue weighted by Gasteiger charge is 2.18. The van der Waals surface area contributed by atoms with Crippen molar-refractivity contribution in [3.63, 3.8) is 0 Å². The molecule has 0 atom stereocenters. The van der Waals surface area contributed by atoms with Crippen LogP contribution in [0.2, 0.25) is 0 Å². The van der Waals surface area contributed by atoms with Crippen LogP contribution < -0.4 is 0 Å². The second-order valence-corrected chi connectivity index (χ2v) is 3.48. The van der Waals surface area contributed by atoms with Crippen molar-refractivity contribution < 1.29 is 14.3 Å². The van der Waals surface area contributed by atoms with E-state index >= 15 is 0 Å². The quantitative estimate of drug-likeness (QED) is 0.586. The first-order chi connectivity index (χ1) is 7.60. The Hall–Kier alpha value is -1.36. The third-order valence-electron chi connectivity index (χ3n) is 1.90. The van der Waals surface area contributed by atoms with Gasteiger partial charge in [-0.15, -0.1) is 0 Å². The lowest BCUT2D eigenvalue weighted by Gasteiger charge is -2.00. The van der Waals surface area contributed by atoms with Crippen molar-refractivity contribution >= 4 is 22.8 Å². The summed E-state index contributed by atoms with van der Waals surface area (Å²) in [6.45, 7) is 4.44. The smallest absolute Gasteiger partial charge is 0.358 e. The summed E-state index contributed by atoms with van der Waals surface area (Å²) in [5, 5.41) is 3.35. The molecule has 1 heterocycles. The number of halogens is 1. The van der Waals surface area contributed by atoms with Crippen LogP contribution in [-0.4, -0.2) is 27.6 Å². The molecule has 0 spiro atoms. The SMILES string of the molecule is CCCn1nc(C(=O)OCC)cc1C(=O)Cl. The van der Waals surface area contributed by atoms with Crippen LogP contribution >= 0.6 is 11.6 Å². The molecule has 0 aliphatic carbocycles. The van der Waals surface area contributed by atoms with Gasteiger partial charge in [0.05, 0.1) is 6.61 Å². The number of nitrogens with zero attached hydrogens (tertiary/aromatic N) is 2. The van der Waals surface area contributed by atoms with E-state index in [9.17, 15) is 9.59 Å². The van der Waals surface area contributed by atoms with Crippen molar-refractivity contribution in [1.82, 2.24) is 9.78 Å². The Morgan fingerprint density at radius 2 is 2.19 bits per heavy atom. The van der Waals surface area contributed by atoms with Gasteiger partial charge in [0.1, 0.15) is 5.69 Å². The van der Waals surface area contributed by atoms with Gasteiger partial charge in [0, 0.05) is 12.6 Å². The maximum absolute atomic E-state index is 11.4. The van der Waals surface area contributed by atoms with E-state index < -0.39 is 11.2 Å². The largest absolute Gasteiger partial charge is 0.461 e. The van der Waals surface area contributed by atoms with Crippen molar-refractivity contribution in [3.8, 4) is 0 Å². The van der Waals surface area contributed by atoms with Gasteiger partial charge in [-0.05, 0) is 24.9 Å². The maximum atomic E-state index is 11.4. The Bertz CT molecular complexity index is 401. The molecule has 0 aromatic carbocycles. The Morgan fingerprint density at radius 3 is 2.69 bits per heavy atom. The number of carbonyl (C=O) groups excluding carboxylic acids is 2. The Morgan fingerprint density at radius 1 is 1.50 bits per heavy atom. The average Bonchev–Trinajstić information content (AvgIpc) is 2.63. The van der Waals surface area contributed by atoms with Gasteiger partial charge in [0.25, 0.3) is 5.24 Å². The Balaban J connectivity index is 3.00. The highest BCUT2D eigenvalue weighted by Crippen LogP contribution is 2.09. The van der Waals surface area contributed by atoms with Crippen LogP contribution in [0.1, 0.15) is 41.2 Å². The molecule has 5 nitrogen and oxygen atoms in total. The van der Waals surface area contributed by atoms with Gasteiger partial charge in [0.2, 0.25) is 0 Å². The topological polar surface area (TPSA) is 61.2 Å². The molecule has 6 heteroatoms. The summed E-state index contributed by atoms with van der Waals surface area (Å²) in [6, 6.07) is 1.35. The van der Waals surface area contributed by atoms with E-state index in [4.69, 9.17) is 16.3 Å². The zero-order valence-electron chi connectivity index (χ0n) is 9.20. The third kappa shape index (κ3) is 2.82. The Labute approximate surface area is 98.3 Å². The summed E-state index contributed by atoms with van der Waals surface area (Å²) in [7, 11) is 0. The standard InChI is InChI=1S/C10H13ClN2O3/c1-3-5-13-8(9(11)14)6-7(12-13)10(15)16-4-2/h6H,3-5H2,1-2H3. The summed E-state index contributed by atoms with van der Waals surface area (Å²) in [6.07, 6.45) is 0.793. The molecule has 0 radical (unpaired) electrons. The van der Waals surface area contributed by atoms with Crippen LogP contribution in [0.4, 0.5) is 0 Å². The van der Waals surface area contributed by atoms with Gasteiger partial charge in [-0.1, -0.05) is 6.92 Å². The van der Waals surface area contributed by atoms with Crippen LogP contribution in [0.15, 0.2) is 6.07 Å². The molecule has 1 aromatic rings. The fourth-order valence-electron chi connectivity index (χ4n) is 1.26. The van der Waals surface area contributed by atoms with Gasteiger partial charge in [-0.2, -0.15) is 5.10 Å². The molecule has 0 bridgehead atoms. The molecular formula is C10H13ClN2O3. The van der Waals surface area contributed by atoms with Gasteiger partial charge < -0.3 is 4.74 Å². The summed E-state index contributed by atoms with van der Waals surface area (Å²) < 4.78 is 6.20. The summed E-state index contributed by atoms with van der Waals surface area (Å²) >= 11 is 5.39. The summed E-state index contributed by atoms with van der Waals surface area (Å²) in [5.74, 6) is -0.545. The average molecular weight is 245 g/mol. The van der Waals surface area contributed by atoms with Crippen LogP contribution in [0, 0.1) is 0 Å². The van der Waals surface area contributed by atoms with Crippen LogP contribution in [0.25, 0.3) is 0 Å². The van der Waals surface area contributed by atoms with Crippen LogP contribution in [-0.2, 0) is 11.3 Å². The van der Waals surface area contributed by atoms with Gasteiger partial charge in [-0.25, -0.2) is 4.79 Å². The van der Waals surface area contributed by atoms with Gasteiger partial charge in [0.15, 0.2) is 5.69 Å². The Kier molecular flexibility index (Phi) is 4.49. The lowest BCUT2D eigenvalue weighted by Crippen LogP contribution is -2.08. The predicted octanol–water partition coefficient (Wildman–Crippen LogP) is 1.85. The second-order valence-electron chi connectivity index (χ2n) is 3.13. The van der Waals surface area contributed by atoms with Crippen molar-refractivity contribution in [3.05, 3.63) is 17.5 Å². The first-order valence-corrected chi connectivity index (χ1v) is 5.42. The van der Waals surface area contributed by atoms with E-state index in [1.54, 1.807) is 6.92 Å². The molecule has 0 N–H and O–H groups in total.